The molecule has 1 aliphatic rings. The van der Waals surface area contributed by atoms with Crippen LogP contribution in [0.2, 0.25) is 0 Å². The van der Waals surface area contributed by atoms with E-state index in [2.05, 4.69) is 5.32 Å². The van der Waals surface area contributed by atoms with Gasteiger partial charge in [0.2, 0.25) is 11.8 Å². The fraction of sp³-hybridized carbons (Fsp3) is 0.176. The number of halogens is 4. The van der Waals surface area contributed by atoms with Crippen LogP contribution < -0.4 is 10.2 Å². The zero-order valence-electron chi connectivity index (χ0n) is 12.7. The predicted octanol–water partition coefficient (Wildman–Crippen LogP) is 3.23. The second-order valence-electron chi connectivity index (χ2n) is 5.62. The van der Waals surface area contributed by atoms with Crippen LogP contribution in [0.4, 0.5) is 28.9 Å². The summed E-state index contributed by atoms with van der Waals surface area (Å²) < 4.78 is 52.4. The van der Waals surface area contributed by atoms with Gasteiger partial charge in [-0.2, -0.15) is 0 Å². The topological polar surface area (TPSA) is 49.4 Å². The van der Waals surface area contributed by atoms with Gasteiger partial charge in [-0.15, -0.1) is 0 Å². The fourth-order valence-corrected chi connectivity index (χ4v) is 2.60. The monoisotopic (exact) mass is 352 g/mol. The van der Waals surface area contributed by atoms with E-state index in [1.54, 1.807) is 0 Å². The highest BCUT2D eigenvalue weighted by molar-refractivity contribution is 6.03. The van der Waals surface area contributed by atoms with Crippen LogP contribution in [0.1, 0.15) is 6.42 Å². The molecule has 130 valence electrons. The average molecular weight is 352 g/mol. The zero-order valence-corrected chi connectivity index (χ0v) is 12.7. The number of hydrogen-bond donors (Lipinski definition) is 1. The van der Waals surface area contributed by atoms with E-state index in [0.29, 0.717) is 0 Å². The lowest BCUT2D eigenvalue weighted by molar-refractivity contribution is -0.122. The molecule has 1 N–H and O–H groups in total. The summed E-state index contributed by atoms with van der Waals surface area (Å²) in [5, 5.41) is 2.41. The van der Waals surface area contributed by atoms with Crippen molar-refractivity contribution in [1.82, 2.24) is 0 Å². The van der Waals surface area contributed by atoms with Crippen molar-refractivity contribution in [2.24, 2.45) is 5.92 Å². The van der Waals surface area contributed by atoms with Crippen LogP contribution in [0.5, 0.6) is 0 Å². The van der Waals surface area contributed by atoms with Crippen molar-refractivity contribution in [2.75, 3.05) is 16.8 Å². The first-order valence-corrected chi connectivity index (χ1v) is 7.36. The van der Waals surface area contributed by atoms with E-state index >= 15 is 0 Å². The molecule has 1 fully saturated rings. The molecule has 0 saturated carbocycles. The van der Waals surface area contributed by atoms with Gasteiger partial charge >= 0.3 is 0 Å². The van der Waals surface area contributed by atoms with Crippen molar-refractivity contribution in [1.29, 1.82) is 0 Å². The molecule has 4 nitrogen and oxygen atoms in total. The number of amides is 2. The van der Waals surface area contributed by atoms with Crippen LogP contribution >= 0.6 is 0 Å². The first-order valence-electron chi connectivity index (χ1n) is 7.36. The number of hydrogen-bond acceptors (Lipinski definition) is 2. The maximum absolute atomic E-state index is 13.3. The minimum atomic E-state index is -1.11. The van der Waals surface area contributed by atoms with E-state index in [-0.39, 0.29) is 24.3 Å². The third-order valence-corrected chi connectivity index (χ3v) is 3.90. The number of carbonyl (C=O) groups excluding carboxylic acids is 2. The van der Waals surface area contributed by atoms with Crippen LogP contribution in [-0.2, 0) is 9.59 Å². The van der Waals surface area contributed by atoms with Gasteiger partial charge in [0.15, 0.2) is 23.3 Å². The molecule has 1 aliphatic heterocycles. The van der Waals surface area contributed by atoms with Gasteiger partial charge in [-0.3, -0.25) is 9.59 Å². The number of nitrogens with zero attached hydrogens (tertiary/aromatic N) is 1. The highest BCUT2D eigenvalue weighted by atomic mass is 19.2. The fourth-order valence-electron chi connectivity index (χ4n) is 2.60. The second kappa shape index (κ2) is 6.54. The van der Waals surface area contributed by atoms with Crippen molar-refractivity contribution >= 4 is 23.2 Å². The Bertz CT molecular complexity index is 857. The van der Waals surface area contributed by atoms with Crippen molar-refractivity contribution < 1.29 is 27.2 Å². The summed E-state index contributed by atoms with van der Waals surface area (Å²) in [7, 11) is 0. The number of anilines is 2. The molecule has 2 aromatic carbocycles. The van der Waals surface area contributed by atoms with Gasteiger partial charge in [0.25, 0.3) is 0 Å². The quantitative estimate of drug-likeness (QED) is 0.863. The molecule has 3 rings (SSSR count). The molecule has 1 atom stereocenters. The number of nitrogens with one attached hydrogen (secondary N) is 1. The van der Waals surface area contributed by atoms with Crippen molar-refractivity contribution in [3.05, 3.63) is 59.7 Å². The first-order chi connectivity index (χ1) is 11.8. The summed E-state index contributed by atoms with van der Waals surface area (Å²) in [6, 6.07) is 5.91. The highest BCUT2D eigenvalue weighted by Gasteiger charge is 2.35. The van der Waals surface area contributed by atoms with Gasteiger partial charge in [0.05, 0.1) is 5.92 Å². The van der Waals surface area contributed by atoms with Gasteiger partial charge in [-0.1, -0.05) is 0 Å². The van der Waals surface area contributed by atoms with Gasteiger partial charge < -0.3 is 10.2 Å². The molecule has 0 bridgehead atoms. The Hall–Kier alpha value is -2.90. The van der Waals surface area contributed by atoms with Crippen molar-refractivity contribution in [3.8, 4) is 0 Å². The largest absolute Gasteiger partial charge is 0.326 e. The highest BCUT2D eigenvalue weighted by Crippen LogP contribution is 2.27. The van der Waals surface area contributed by atoms with Gasteiger partial charge in [-0.25, -0.2) is 17.6 Å². The molecule has 2 amide bonds. The lowest BCUT2D eigenvalue weighted by Gasteiger charge is -2.17. The molecule has 2 aromatic rings. The Morgan fingerprint density at radius 1 is 0.960 bits per heavy atom. The van der Waals surface area contributed by atoms with Gasteiger partial charge in [-0.05, 0) is 24.3 Å². The Morgan fingerprint density at radius 2 is 1.60 bits per heavy atom. The Kier molecular flexibility index (Phi) is 4.43. The van der Waals surface area contributed by atoms with E-state index in [9.17, 15) is 27.2 Å². The maximum Gasteiger partial charge on any atom is 0.229 e. The number of carbonyl (C=O) groups is 2. The normalized spacial score (nSPS) is 17.0. The number of benzene rings is 2. The Labute approximate surface area is 140 Å². The zero-order chi connectivity index (χ0) is 18.1. The van der Waals surface area contributed by atoms with E-state index in [1.165, 1.54) is 17.0 Å². The molecule has 1 unspecified atom stereocenters. The molecule has 8 heteroatoms. The lowest BCUT2D eigenvalue weighted by atomic mass is 10.1. The summed E-state index contributed by atoms with van der Waals surface area (Å²) in [6.45, 7) is -0.0284. The third-order valence-electron chi connectivity index (χ3n) is 3.90. The van der Waals surface area contributed by atoms with Gasteiger partial charge in [0, 0.05) is 36.5 Å². The average Bonchev–Trinajstić information content (AvgIpc) is 2.95. The lowest BCUT2D eigenvalue weighted by Crippen LogP contribution is -2.28. The molecule has 1 heterocycles. The second-order valence-corrected chi connectivity index (χ2v) is 5.62. The van der Waals surface area contributed by atoms with Crippen molar-refractivity contribution in [2.45, 2.75) is 6.42 Å². The standard InChI is InChI=1S/C17H12F4N2O2/c18-12-3-1-10(6-14(12)20)22-17(25)9-5-16(24)23(8-9)11-2-4-13(19)15(21)7-11/h1-4,6-7,9H,5,8H2,(H,22,25). The summed E-state index contributed by atoms with van der Waals surface area (Å²) in [4.78, 5) is 25.4. The maximum atomic E-state index is 13.3. The Morgan fingerprint density at radius 3 is 2.24 bits per heavy atom. The molecular weight excluding hydrogens is 340 g/mol. The number of rotatable bonds is 3. The van der Waals surface area contributed by atoms with E-state index < -0.39 is 41.0 Å². The van der Waals surface area contributed by atoms with E-state index in [4.69, 9.17) is 0 Å². The molecule has 0 radical (unpaired) electrons. The van der Waals surface area contributed by atoms with Crippen LogP contribution in [0.25, 0.3) is 0 Å². The Balaban J connectivity index is 1.71. The van der Waals surface area contributed by atoms with E-state index in [0.717, 1.165) is 24.3 Å². The minimum absolute atomic E-state index is 0.0284. The van der Waals surface area contributed by atoms with E-state index in [1.807, 2.05) is 0 Å². The minimum Gasteiger partial charge on any atom is -0.326 e. The predicted molar refractivity (Wildman–Crippen MR) is 81.8 cm³/mol. The first kappa shape index (κ1) is 16.9. The van der Waals surface area contributed by atoms with Crippen LogP contribution in [-0.4, -0.2) is 18.4 Å². The SMILES string of the molecule is O=C(Nc1ccc(F)c(F)c1)C1CC(=O)N(c2ccc(F)c(F)c2)C1. The summed E-state index contributed by atoms with van der Waals surface area (Å²) in [6.07, 6.45) is -0.130. The molecule has 0 spiro atoms. The van der Waals surface area contributed by atoms with Crippen molar-refractivity contribution in [3.63, 3.8) is 0 Å². The molecule has 25 heavy (non-hydrogen) atoms. The smallest absolute Gasteiger partial charge is 0.229 e. The van der Waals surface area contributed by atoms with Crippen LogP contribution in [0.15, 0.2) is 36.4 Å². The summed E-state index contributed by atoms with van der Waals surface area (Å²) in [5.74, 6) is -6.01. The molecule has 0 aliphatic carbocycles. The molecular formula is C17H12F4N2O2. The van der Waals surface area contributed by atoms with Crippen LogP contribution in [0.3, 0.4) is 0 Å². The molecule has 0 aromatic heterocycles. The third kappa shape index (κ3) is 3.47. The van der Waals surface area contributed by atoms with Gasteiger partial charge in [0.1, 0.15) is 0 Å². The summed E-state index contributed by atoms with van der Waals surface area (Å²) in [5.41, 5.74) is 0.203. The van der Waals surface area contributed by atoms with Crippen LogP contribution in [0, 0.1) is 29.2 Å². The molecule has 1 saturated heterocycles. The summed E-state index contributed by atoms with van der Waals surface area (Å²) >= 11 is 0.